The SMILES string of the molecule is COc1cccc(F)c1-c1nccc(Nc2cc(N3CC[C@@H](F)[C@H](N)C3)c(-c3cnn(C(F)F)c3)cn2)n1.Cl. The van der Waals surface area contributed by atoms with Crippen LogP contribution in [0.4, 0.5) is 34.9 Å². The molecule has 0 saturated carbocycles. The van der Waals surface area contributed by atoms with E-state index in [1.165, 1.54) is 44.0 Å². The number of methoxy groups -OCH3 is 1. The van der Waals surface area contributed by atoms with E-state index in [-0.39, 0.29) is 42.5 Å². The molecule has 3 aromatic heterocycles. The maximum Gasteiger partial charge on any atom is 0.333 e. The van der Waals surface area contributed by atoms with Gasteiger partial charge in [-0.15, -0.1) is 12.4 Å². The van der Waals surface area contributed by atoms with Crippen LogP contribution < -0.4 is 20.7 Å². The van der Waals surface area contributed by atoms with Crippen LogP contribution >= 0.6 is 12.4 Å². The lowest BCUT2D eigenvalue weighted by molar-refractivity contribution is 0.0566. The number of hydrogen-bond acceptors (Lipinski definition) is 8. The summed E-state index contributed by atoms with van der Waals surface area (Å²) in [5.74, 6) is 0.548. The Morgan fingerprint density at radius 1 is 1.15 bits per heavy atom. The molecular weight excluding hydrogens is 540 g/mol. The number of nitrogens with two attached hydrogens (primary N) is 1. The molecule has 0 amide bonds. The van der Waals surface area contributed by atoms with Crippen LogP contribution in [0.5, 0.6) is 5.75 Å². The Kier molecular flexibility index (Phi) is 8.51. The molecule has 0 bridgehead atoms. The van der Waals surface area contributed by atoms with Gasteiger partial charge in [0.05, 0.1) is 24.9 Å². The Hall–Kier alpha value is -3.97. The van der Waals surface area contributed by atoms with Crippen molar-refractivity contribution in [1.29, 1.82) is 0 Å². The fourth-order valence-corrected chi connectivity index (χ4v) is 4.32. The van der Waals surface area contributed by atoms with E-state index >= 15 is 0 Å². The van der Waals surface area contributed by atoms with Gasteiger partial charge in [-0.05, 0) is 24.6 Å². The van der Waals surface area contributed by atoms with Crippen LogP contribution in [0.2, 0.25) is 0 Å². The van der Waals surface area contributed by atoms with E-state index in [2.05, 4.69) is 25.4 Å². The number of halogens is 5. The van der Waals surface area contributed by atoms with E-state index in [4.69, 9.17) is 10.5 Å². The standard InChI is InChI=1S/C25H24F4N8O.ClH/c1-38-20-4-2-3-17(27)23(20)24-31-7-5-21(35-24)34-22-9-19(36-8-6-16(26)18(30)13-36)15(11-32-22)14-10-33-37(12-14)25(28)29;/h2-5,7,9-12,16,18,25H,6,8,13,30H2,1H3,(H,31,32,34,35);1H/t16-,18-;/m1./s1. The van der Waals surface area contributed by atoms with Crippen molar-refractivity contribution in [1.82, 2.24) is 24.7 Å². The van der Waals surface area contributed by atoms with Crippen LogP contribution in [-0.4, -0.2) is 57.1 Å². The lowest BCUT2D eigenvalue weighted by Crippen LogP contribution is -2.49. The maximum atomic E-state index is 14.6. The van der Waals surface area contributed by atoms with Gasteiger partial charge in [0, 0.05) is 54.6 Å². The monoisotopic (exact) mass is 564 g/mol. The predicted octanol–water partition coefficient (Wildman–Crippen LogP) is 4.99. The van der Waals surface area contributed by atoms with Gasteiger partial charge < -0.3 is 20.7 Å². The van der Waals surface area contributed by atoms with E-state index in [9.17, 15) is 17.6 Å². The highest BCUT2D eigenvalue weighted by atomic mass is 35.5. The van der Waals surface area contributed by atoms with Gasteiger partial charge in [0.2, 0.25) is 0 Å². The van der Waals surface area contributed by atoms with Crippen molar-refractivity contribution in [2.75, 3.05) is 30.4 Å². The van der Waals surface area contributed by atoms with Crippen LogP contribution in [-0.2, 0) is 0 Å². The Balaban J connectivity index is 0.00000353. The second kappa shape index (κ2) is 11.8. The lowest BCUT2D eigenvalue weighted by atomic mass is 10.0. The molecule has 4 aromatic rings. The van der Waals surface area contributed by atoms with Crippen LogP contribution in [0.1, 0.15) is 13.0 Å². The van der Waals surface area contributed by atoms with Crippen molar-refractivity contribution in [3.8, 4) is 28.3 Å². The Bertz CT molecular complexity index is 1440. The first-order chi connectivity index (χ1) is 18.3. The summed E-state index contributed by atoms with van der Waals surface area (Å²) in [5.41, 5.74) is 7.67. The van der Waals surface area contributed by atoms with Crippen LogP contribution in [0.15, 0.2) is 55.1 Å². The predicted molar refractivity (Wildman–Crippen MR) is 141 cm³/mol. The summed E-state index contributed by atoms with van der Waals surface area (Å²) in [6, 6.07) is 7.00. The average molecular weight is 565 g/mol. The third kappa shape index (κ3) is 5.88. The molecule has 4 heterocycles. The summed E-state index contributed by atoms with van der Waals surface area (Å²) in [5, 5.41) is 6.79. The van der Waals surface area contributed by atoms with Crippen molar-refractivity contribution in [2.24, 2.45) is 5.73 Å². The molecular formula is C25H25ClF4N8O. The molecule has 5 rings (SSSR count). The van der Waals surface area contributed by atoms with Gasteiger partial charge in [-0.25, -0.2) is 28.4 Å². The lowest BCUT2D eigenvalue weighted by Gasteiger charge is -2.35. The highest BCUT2D eigenvalue weighted by Crippen LogP contribution is 2.35. The average Bonchev–Trinajstić information content (AvgIpc) is 3.41. The molecule has 206 valence electrons. The van der Waals surface area contributed by atoms with Crippen molar-refractivity contribution in [3.05, 3.63) is 60.9 Å². The Morgan fingerprint density at radius 2 is 1.97 bits per heavy atom. The van der Waals surface area contributed by atoms with Gasteiger partial charge in [-0.3, -0.25) is 0 Å². The number of piperidine rings is 1. The number of rotatable bonds is 7. The number of anilines is 3. The summed E-state index contributed by atoms with van der Waals surface area (Å²) in [4.78, 5) is 14.9. The van der Waals surface area contributed by atoms with Gasteiger partial charge in [0.25, 0.3) is 0 Å². The highest BCUT2D eigenvalue weighted by molar-refractivity contribution is 5.85. The smallest absolute Gasteiger partial charge is 0.333 e. The first-order valence-corrected chi connectivity index (χ1v) is 11.7. The zero-order valence-corrected chi connectivity index (χ0v) is 21.5. The summed E-state index contributed by atoms with van der Waals surface area (Å²) >= 11 is 0. The summed E-state index contributed by atoms with van der Waals surface area (Å²) < 4.78 is 60.7. The molecule has 1 fully saturated rings. The minimum Gasteiger partial charge on any atom is -0.496 e. The number of hydrogen-bond donors (Lipinski definition) is 2. The number of alkyl halides is 3. The van der Waals surface area contributed by atoms with Gasteiger partial charge >= 0.3 is 6.55 Å². The zero-order chi connectivity index (χ0) is 26.8. The molecule has 0 unspecified atom stereocenters. The summed E-state index contributed by atoms with van der Waals surface area (Å²) in [7, 11) is 1.43. The zero-order valence-electron chi connectivity index (χ0n) is 20.6. The number of benzene rings is 1. The highest BCUT2D eigenvalue weighted by Gasteiger charge is 2.28. The van der Waals surface area contributed by atoms with E-state index in [1.54, 1.807) is 18.2 Å². The molecule has 2 atom stereocenters. The molecule has 0 radical (unpaired) electrons. The van der Waals surface area contributed by atoms with Crippen molar-refractivity contribution in [2.45, 2.75) is 25.2 Å². The van der Waals surface area contributed by atoms with Gasteiger partial charge in [-0.2, -0.15) is 13.9 Å². The quantitative estimate of drug-likeness (QED) is 0.303. The van der Waals surface area contributed by atoms with E-state index in [1.807, 2.05) is 4.90 Å². The third-order valence-corrected chi connectivity index (χ3v) is 6.24. The van der Waals surface area contributed by atoms with Crippen molar-refractivity contribution < 1.29 is 22.3 Å². The van der Waals surface area contributed by atoms with Gasteiger partial charge in [-0.1, -0.05) is 6.07 Å². The second-order valence-corrected chi connectivity index (χ2v) is 8.70. The van der Waals surface area contributed by atoms with Crippen molar-refractivity contribution in [3.63, 3.8) is 0 Å². The number of aromatic nitrogens is 5. The number of nitrogens with zero attached hydrogens (tertiary/aromatic N) is 6. The van der Waals surface area contributed by atoms with E-state index in [0.29, 0.717) is 39.7 Å². The normalized spacial score (nSPS) is 17.2. The van der Waals surface area contributed by atoms with Crippen LogP contribution in [0.3, 0.4) is 0 Å². The Morgan fingerprint density at radius 3 is 2.69 bits per heavy atom. The van der Waals surface area contributed by atoms with Crippen molar-refractivity contribution >= 4 is 29.7 Å². The van der Waals surface area contributed by atoms with E-state index < -0.39 is 24.6 Å². The number of ether oxygens (including phenoxy) is 1. The topological polar surface area (TPSA) is 107 Å². The maximum absolute atomic E-state index is 14.6. The minimum atomic E-state index is -2.79. The second-order valence-electron chi connectivity index (χ2n) is 8.70. The molecule has 1 aliphatic heterocycles. The molecule has 1 saturated heterocycles. The fourth-order valence-electron chi connectivity index (χ4n) is 4.32. The third-order valence-electron chi connectivity index (χ3n) is 6.24. The Labute approximate surface area is 227 Å². The summed E-state index contributed by atoms with van der Waals surface area (Å²) in [6.07, 6.45) is 4.61. The van der Waals surface area contributed by atoms with Crippen LogP contribution in [0, 0.1) is 5.82 Å². The molecule has 1 aromatic carbocycles. The molecule has 0 spiro atoms. The number of nitrogens with one attached hydrogen (secondary N) is 1. The molecule has 39 heavy (non-hydrogen) atoms. The number of pyridine rings is 1. The van der Waals surface area contributed by atoms with Gasteiger partial charge in [0.1, 0.15) is 29.4 Å². The molecule has 14 heteroatoms. The first-order valence-electron chi connectivity index (χ1n) is 11.7. The van der Waals surface area contributed by atoms with Crippen LogP contribution in [0.25, 0.3) is 22.5 Å². The summed E-state index contributed by atoms with van der Waals surface area (Å²) in [6.45, 7) is -2.19. The molecule has 0 aliphatic carbocycles. The van der Waals surface area contributed by atoms with E-state index in [0.717, 1.165) is 0 Å². The van der Waals surface area contributed by atoms with Gasteiger partial charge in [0.15, 0.2) is 5.82 Å². The largest absolute Gasteiger partial charge is 0.496 e. The molecule has 9 nitrogen and oxygen atoms in total. The minimum absolute atomic E-state index is 0. The first kappa shape index (κ1) is 28.0. The fraction of sp³-hybridized carbons (Fsp3) is 0.280. The molecule has 3 N–H and O–H groups in total. The molecule has 1 aliphatic rings.